The molecule has 2 bridgehead atoms. The maximum absolute atomic E-state index is 2.57. The van der Waals surface area contributed by atoms with E-state index in [4.69, 9.17) is 0 Å². The summed E-state index contributed by atoms with van der Waals surface area (Å²) in [4.78, 5) is 2.57. The van der Waals surface area contributed by atoms with Crippen LogP contribution in [0.4, 0.5) is 0 Å². The first-order chi connectivity index (χ1) is 4.36. The summed E-state index contributed by atoms with van der Waals surface area (Å²) in [5.41, 5.74) is 0. The van der Waals surface area contributed by atoms with E-state index in [0.29, 0.717) is 0 Å². The molecule has 51 valence electrons. The van der Waals surface area contributed by atoms with Gasteiger partial charge in [-0.2, -0.15) is 0 Å². The van der Waals surface area contributed by atoms with Gasteiger partial charge in [0.25, 0.3) is 0 Å². The third kappa shape index (κ3) is 0.877. The van der Waals surface area contributed by atoms with Gasteiger partial charge in [0.15, 0.2) is 0 Å². The lowest BCUT2D eigenvalue weighted by molar-refractivity contribution is 0.108. The molecule has 0 aliphatic carbocycles. The second-order valence-corrected chi connectivity index (χ2v) is 3.31. The van der Waals surface area contributed by atoms with Gasteiger partial charge in [-0.25, -0.2) is 0 Å². The molecule has 1 atom stereocenters. The summed E-state index contributed by atoms with van der Waals surface area (Å²) < 4.78 is 0. The summed E-state index contributed by atoms with van der Waals surface area (Å²) in [6.07, 6.45) is 5.35. The Hall–Kier alpha value is -0.0400. The standard InChI is InChI=1S/C8H14N/c1-7-6-8-2-4-9(7)5-3-8/h6-8H,2-5H2,1H3. The molecule has 3 heterocycles. The lowest BCUT2D eigenvalue weighted by Crippen LogP contribution is -2.47. The molecular formula is C8H14N. The van der Waals surface area contributed by atoms with E-state index in [1.165, 1.54) is 25.9 Å². The minimum absolute atomic E-state index is 0.775. The minimum Gasteiger partial charge on any atom is -0.300 e. The molecule has 0 aromatic heterocycles. The van der Waals surface area contributed by atoms with E-state index in [1.807, 2.05) is 0 Å². The summed E-state index contributed by atoms with van der Waals surface area (Å²) in [6, 6.07) is 0.775. The van der Waals surface area contributed by atoms with Gasteiger partial charge in [0.2, 0.25) is 0 Å². The molecule has 0 spiro atoms. The van der Waals surface area contributed by atoms with Gasteiger partial charge in [0, 0.05) is 6.04 Å². The number of hydrogen-bond donors (Lipinski definition) is 0. The second-order valence-electron chi connectivity index (χ2n) is 3.31. The highest BCUT2D eigenvalue weighted by Crippen LogP contribution is 2.30. The van der Waals surface area contributed by atoms with Crippen molar-refractivity contribution in [1.82, 2.24) is 4.90 Å². The van der Waals surface area contributed by atoms with Crippen LogP contribution < -0.4 is 0 Å². The average molecular weight is 124 g/mol. The van der Waals surface area contributed by atoms with E-state index in [9.17, 15) is 0 Å². The van der Waals surface area contributed by atoms with E-state index in [1.54, 1.807) is 0 Å². The Labute approximate surface area is 57.0 Å². The molecule has 3 aliphatic rings. The summed E-state index contributed by atoms with van der Waals surface area (Å²) in [7, 11) is 0. The van der Waals surface area contributed by atoms with Crippen molar-refractivity contribution in [2.45, 2.75) is 25.8 Å². The number of hydrogen-bond acceptors (Lipinski definition) is 1. The fraction of sp³-hybridized carbons (Fsp3) is 0.875. The smallest absolute Gasteiger partial charge is 0.0101 e. The third-order valence-electron chi connectivity index (χ3n) is 2.70. The van der Waals surface area contributed by atoms with Crippen LogP contribution in [0.3, 0.4) is 0 Å². The highest BCUT2D eigenvalue weighted by atomic mass is 15.2. The first-order valence-electron chi connectivity index (χ1n) is 3.95. The summed E-state index contributed by atoms with van der Waals surface area (Å²) in [5.74, 6) is 0.963. The molecule has 0 saturated carbocycles. The maximum atomic E-state index is 2.57. The van der Waals surface area contributed by atoms with Gasteiger partial charge in [-0.15, -0.1) is 0 Å². The van der Waals surface area contributed by atoms with E-state index in [-0.39, 0.29) is 0 Å². The minimum atomic E-state index is 0.775. The lowest BCUT2D eigenvalue weighted by Gasteiger charge is -2.43. The molecule has 3 rings (SSSR count). The molecule has 3 aliphatic heterocycles. The van der Waals surface area contributed by atoms with E-state index >= 15 is 0 Å². The lowest BCUT2D eigenvalue weighted by atomic mass is 9.84. The topological polar surface area (TPSA) is 3.24 Å². The van der Waals surface area contributed by atoms with Crippen molar-refractivity contribution in [2.24, 2.45) is 5.92 Å². The molecule has 1 nitrogen and oxygen atoms in total. The molecular weight excluding hydrogens is 110 g/mol. The van der Waals surface area contributed by atoms with Gasteiger partial charge in [0.1, 0.15) is 0 Å². The van der Waals surface area contributed by atoms with Crippen LogP contribution in [0, 0.1) is 12.3 Å². The van der Waals surface area contributed by atoms with Crippen LogP contribution in [0.2, 0.25) is 0 Å². The largest absolute Gasteiger partial charge is 0.300 e. The molecule has 1 unspecified atom stereocenters. The van der Waals surface area contributed by atoms with Crippen LogP contribution in [0.5, 0.6) is 0 Å². The zero-order chi connectivity index (χ0) is 6.27. The van der Waals surface area contributed by atoms with Crippen molar-refractivity contribution in [3.05, 3.63) is 6.42 Å². The Morgan fingerprint density at radius 1 is 1.33 bits per heavy atom. The molecule has 0 aromatic rings. The Balaban J connectivity index is 2.06. The van der Waals surface area contributed by atoms with Crippen molar-refractivity contribution < 1.29 is 0 Å². The van der Waals surface area contributed by atoms with Crippen LogP contribution in [0.1, 0.15) is 19.8 Å². The normalized spacial score (nSPS) is 49.7. The Kier molecular flexibility index (Phi) is 1.26. The molecule has 0 N–H and O–H groups in total. The molecule has 0 aromatic carbocycles. The van der Waals surface area contributed by atoms with Crippen molar-refractivity contribution in [2.75, 3.05) is 13.1 Å². The fourth-order valence-electron chi connectivity index (χ4n) is 2.03. The van der Waals surface area contributed by atoms with Crippen molar-refractivity contribution in [3.8, 4) is 0 Å². The maximum Gasteiger partial charge on any atom is 0.0101 e. The summed E-state index contributed by atoms with van der Waals surface area (Å²) in [5, 5.41) is 0. The number of piperidine rings is 3. The fourth-order valence-corrected chi connectivity index (χ4v) is 2.03. The Morgan fingerprint density at radius 2 is 2.00 bits per heavy atom. The van der Waals surface area contributed by atoms with Crippen molar-refractivity contribution in [1.29, 1.82) is 0 Å². The van der Waals surface area contributed by atoms with Crippen molar-refractivity contribution >= 4 is 0 Å². The average Bonchev–Trinajstić information content (AvgIpc) is 1.90. The molecule has 1 heteroatoms. The highest BCUT2D eigenvalue weighted by Gasteiger charge is 2.30. The van der Waals surface area contributed by atoms with E-state index in [0.717, 1.165) is 12.0 Å². The molecule has 3 saturated heterocycles. The molecule has 1 radical (unpaired) electrons. The van der Waals surface area contributed by atoms with Gasteiger partial charge < -0.3 is 4.90 Å². The number of fused-ring (bicyclic) bond motifs is 3. The number of nitrogens with zero attached hydrogens (tertiary/aromatic N) is 1. The van der Waals surface area contributed by atoms with Crippen LogP contribution in [-0.4, -0.2) is 24.0 Å². The zero-order valence-corrected chi connectivity index (χ0v) is 6.01. The zero-order valence-electron chi connectivity index (χ0n) is 6.01. The summed E-state index contributed by atoms with van der Waals surface area (Å²) >= 11 is 0. The first-order valence-corrected chi connectivity index (χ1v) is 3.95. The van der Waals surface area contributed by atoms with E-state index in [2.05, 4.69) is 18.2 Å². The van der Waals surface area contributed by atoms with Crippen LogP contribution in [0.15, 0.2) is 0 Å². The number of rotatable bonds is 0. The SMILES string of the molecule is CC1[CH]C2CCN1CC2. The second kappa shape index (κ2) is 1.98. The monoisotopic (exact) mass is 124 g/mol. The highest BCUT2D eigenvalue weighted by molar-refractivity contribution is 4.97. The van der Waals surface area contributed by atoms with Gasteiger partial charge in [-0.3, -0.25) is 0 Å². The van der Waals surface area contributed by atoms with Crippen LogP contribution in [0.25, 0.3) is 0 Å². The van der Waals surface area contributed by atoms with E-state index < -0.39 is 0 Å². The predicted molar refractivity (Wildman–Crippen MR) is 38.1 cm³/mol. The van der Waals surface area contributed by atoms with Gasteiger partial charge >= 0.3 is 0 Å². The molecule has 3 fully saturated rings. The van der Waals surface area contributed by atoms with Crippen LogP contribution >= 0.6 is 0 Å². The quantitative estimate of drug-likeness (QED) is 0.470. The first kappa shape index (κ1) is 5.72. The molecule has 9 heavy (non-hydrogen) atoms. The third-order valence-corrected chi connectivity index (χ3v) is 2.70. The Morgan fingerprint density at radius 3 is 2.22 bits per heavy atom. The Bertz CT molecular complexity index is 103. The molecule has 0 amide bonds. The predicted octanol–water partition coefficient (Wildman–Crippen LogP) is 1.30. The van der Waals surface area contributed by atoms with Gasteiger partial charge in [-0.1, -0.05) is 0 Å². The van der Waals surface area contributed by atoms with Gasteiger partial charge in [0.05, 0.1) is 0 Å². The summed E-state index contributed by atoms with van der Waals surface area (Å²) in [6.45, 7) is 5.01. The van der Waals surface area contributed by atoms with Crippen molar-refractivity contribution in [3.63, 3.8) is 0 Å². The van der Waals surface area contributed by atoms with Crippen LogP contribution in [-0.2, 0) is 0 Å². The van der Waals surface area contributed by atoms with Gasteiger partial charge in [-0.05, 0) is 45.2 Å².